The topological polar surface area (TPSA) is 135 Å². The predicted octanol–water partition coefficient (Wildman–Crippen LogP) is 3.69. The molecule has 1 heterocycles. The van der Waals surface area contributed by atoms with Gasteiger partial charge >= 0.3 is 11.9 Å². The number of carbonyl (C=O) groups is 2. The van der Waals surface area contributed by atoms with Gasteiger partial charge in [0.1, 0.15) is 11.3 Å². The molecule has 2 N–H and O–H groups in total. The number of benzene rings is 2. The molecule has 0 saturated heterocycles. The molecule has 10 heteroatoms. The molecular formula is C26H25N5O5. The van der Waals surface area contributed by atoms with Crippen LogP contribution in [0.2, 0.25) is 0 Å². The molecule has 0 aliphatic rings. The van der Waals surface area contributed by atoms with E-state index in [-0.39, 0.29) is 17.9 Å². The van der Waals surface area contributed by atoms with E-state index in [1.165, 1.54) is 13.3 Å². The van der Waals surface area contributed by atoms with Crippen LogP contribution in [0.5, 0.6) is 0 Å². The molecule has 184 valence electrons. The Kier molecular flexibility index (Phi) is 9.40. The van der Waals surface area contributed by atoms with E-state index in [0.29, 0.717) is 17.1 Å². The van der Waals surface area contributed by atoms with Gasteiger partial charge in [0.25, 0.3) is 0 Å². The van der Waals surface area contributed by atoms with Gasteiger partial charge in [-0.05, 0) is 19.1 Å². The number of aliphatic imine (C=N–C) groups is 1. The molecule has 10 nitrogen and oxygen atoms in total. The Morgan fingerprint density at radius 1 is 1.03 bits per heavy atom. The fourth-order valence-corrected chi connectivity index (χ4v) is 2.94. The van der Waals surface area contributed by atoms with E-state index < -0.39 is 18.0 Å². The van der Waals surface area contributed by atoms with Gasteiger partial charge in [-0.15, -0.1) is 10.2 Å². The molecule has 1 unspecified atom stereocenters. The van der Waals surface area contributed by atoms with E-state index in [1.54, 1.807) is 49.4 Å². The normalized spacial score (nSPS) is 12.7. The average molecular weight is 488 g/mol. The number of hydrogen-bond donors (Lipinski definition) is 2. The van der Waals surface area contributed by atoms with Crippen molar-refractivity contribution in [2.24, 2.45) is 10.1 Å². The van der Waals surface area contributed by atoms with Gasteiger partial charge < -0.3 is 14.6 Å². The lowest BCUT2D eigenvalue weighted by Gasteiger charge is -2.08. The van der Waals surface area contributed by atoms with Crippen molar-refractivity contribution in [2.75, 3.05) is 19.1 Å². The summed E-state index contributed by atoms with van der Waals surface area (Å²) in [4.78, 5) is 28.7. The second-order valence-corrected chi connectivity index (χ2v) is 7.15. The van der Waals surface area contributed by atoms with E-state index in [4.69, 9.17) is 9.47 Å². The Balaban J connectivity index is 1.78. The van der Waals surface area contributed by atoms with Crippen molar-refractivity contribution in [1.82, 2.24) is 10.2 Å². The summed E-state index contributed by atoms with van der Waals surface area (Å²) in [5, 5.41) is 22.8. The quantitative estimate of drug-likeness (QED) is 0.145. The monoisotopic (exact) mass is 487 g/mol. The highest BCUT2D eigenvalue weighted by Crippen LogP contribution is 2.17. The fraction of sp³-hybridized carbons (Fsp3) is 0.154. The van der Waals surface area contributed by atoms with E-state index in [9.17, 15) is 14.7 Å². The van der Waals surface area contributed by atoms with Crippen LogP contribution in [0.4, 0.5) is 5.82 Å². The van der Waals surface area contributed by atoms with Crippen molar-refractivity contribution in [3.05, 3.63) is 83.9 Å². The number of anilines is 1. The maximum absolute atomic E-state index is 12.4. The second-order valence-electron chi connectivity index (χ2n) is 7.15. The van der Waals surface area contributed by atoms with Crippen molar-refractivity contribution in [1.29, 1.82) is 0 Å². The standard InChI is InChI=1S/C26H25N5O5/c1-3-36-25(33)20(24(32)19-12-8-5-9-13-19)16-27-22(26(34)35-2)17-28-30-23-15-14-21(29-31-23)18-10-6-4-7-11-18/h4-17,22,32H,3H2,1-2H3,(H,30,31)/b24-20+,27-16?,28-17-. The number of ether oxygens (including phenoxy) is 2. The number of methoxy groups -OCH3 is 1. The summed E-state index contributed by atoms with van der Waals surface area (Å²) in [6.07, 6.45) is 2.24. The summed E-state index contributed by atoms with van der Waals surface area (Å²) in [5.41, 5.74) is 4.45. The van der Waals surface area contributed by atoms with Gasteiger partial charge in [-0.25, -0.2) is 9.59 Å². The Labute approximate surface area is 208 Å². The highest BCUT2D eigenvalue weighted by atomic mass is 16.5. The summed E-state index contributed by atoms with van der Waals surface area (Å²) < 4.78 is 9.79. The first-order valence-corrected chi connectivity index (χ1v) is 11.0. The molecule has 0 fully saturated rings. The molecule has 0 saturated carbocycles. The molecule has 2 aromatic carbocycles. The number of hydrazone groups is 1. The largest absolute Gasteiger partial charge is 0.506 e. The SMILES string of the molecule is CCOC(=O)/C(C=NC(/C=N\Nc1ccc(-c2ccccc2)nn1)C(=O)OC)=C(/O)c1ccccc1. The zero-order chi connectivity index (χ0) is 25.8. The van der Waals surface area contributed by atoms with Gasteiger partial charge in [-0.2, -0.15) is 5.10 Å². The van der Waals surface area contributed by atoms with Gasteiger partial charge in [0.15, 0.2) is 11.9 Å². The Hall–Kier alpha value is -4.86. The van der Waals surface area contributed by atoms with Crippen molar-refractivity contribution in [2.45, 2.75) is 13.0 Å². The molecule has 3 aromatic rings. The van der Waals surface area contributed by atoms with Gasteiger partial charge in [0.2, 0.25) is 0 Å². The van der Waals surface area contributed by atoms with Gasteiger partial charge in [-0.1, -0.05) is 60.7 Å². The van der Waals surface area contributed by atoms with Crippen LogP contribution in [-0.2, 0) is 19.1 Å². The zero-order valence-corrected chi connectivity index (χ0v) is 19.7. The van der Waals surface area contributed by atoms with Crippen LogP contribution in [0.1, 0.15) is 12.5 Å². The molecule has 0 bridgehead atoms. The maximum Gasteiger partial charge on any atom is 0.343 e. The molecule has 1 atom stereocenters. The van der Waals surface area contributed by atoms with E-state index in [2.05, 4.69) is 25.7 Å². The van der Waals surface area contributed by atoms with Crippen LogP contribution in [-0.4, -0.2) is 59.4 Å². The number of esters is 2. The molecule has 0 spiro atoms. The van der Waals surface area contributed by atoms with E-state index in [1.807, 2.05) is 30.3 Å². The van der Waals surface area contributed by atoms with Gasteiger partial charge in [-0.3, -0.25) is 10.4 Å². The fourth-order valence-electron chi connectivity index (χ4n) is 2.94. The van der Waals surface area contributed by atoms with Crippen LogP contribution in [0.15, 0.2) is 88.5 Å². The highest BCUT2D eigenvalue weighted by molar-refractivity contribution is 6.15. The Morgan fingerprint density at radius 3 is 2.33 bits per heavy atom. The molecule has 0 aliphatic heterocycles. The number of nitrogens with one attached hydrogen (secondary N) is 1. The number of rotatable bonds is 10. The molecule has 0 radical (unpaired) electrons. The van der Waals surface area contributed by atoms with Gasteiger partial charge in [0, 0.05) is 17.3 Å². The number of hydrogen-bond acceptors (Lipinski definition) is 10. The minimum Gasteiger partial charge on any atom is -0.506 e. The first-order chi connectivity index (χ1) is 17.5. The lowest BCUT2D eigenvalue weighted by molar-refractivity contribution is -0.140. The van der Waals surface area contributed by atoms with E-state index >= 15 is 0 Å². The van der Waals surface area contributed by atoms with Crippen molar-refractivity contribution in [3.8, 4) is 11.3 Å². The number of carbonyl (C=O) groups excluding carboxylic acids is 2. The smallest absolute Gasteiger partial charge is 0.343 e. The lowest BCUT2D eigenvalue weighted by Crippen LogP contribution is -2.23. The Bertz CT molecular complexity index is 1240. The molecule has 1 aromatic heterocycles. The number of aliphatic hydroxyl groups excluding tert-OH is 1. The van der Waals surface area contributed by atoms with Crippen molar-refractivity contribution < 1.29 is 24.2 Å². The van der Waals surface area contributed by atoms with Gasteiger partial charge in [0.05, 0.1) is 25.6 Å². The second kappa shape index (κ2) is 13.1. The minimum atomic E-state index is -1.22. The van der Waals surface area contributed by atoms with Crippen LogP contribution in [0, 0.1) is 0 Å². The first kappa shape index (κ1) is 25.8. The lowest BCUT2D eigenvalue weighted by atomic mass is 10.1. The van der Waals surface area contributed by atoms with Crippen LogP contribution in [0.3, 0.4) is 0 Å². The van der Waals surface area contributed by atoms with Crippen LogP contribution in [0.25, 0.3) is 17.0 Å². The van der Waals surface area contributed by atoms with Crippen LogP contribution >= 0.6 is 0 Å². The summed E-state index contributed by atoms with van der Waals surface area (Å²) in [6.45, 7) is 1.73. The first-order valence-electron chi connectivity index (χ1n) is 11.0. The Morgan fingerprint density at radius 2 is 1.72 bits per heavy atom. The average Bonchev–Trinajstić information content (AvgIpc) is 2.93. The maximum atomic E-state index is 12.4. The summed E-state index contributed by atoms with van der Waals surface area (Å²) in [5.74, 6) is -1.53. The van der Waals surface area contributed by atoms with Crippen LogP contribution < -0.4 is 5.43 Å². The number of nitrogens with zero attached hydrogens (tertiary/aromatic N) is 4. The molecule has 0 aliphatic carbocycles. The van der Waals surface area contributed by atoms with Crippen molar-refractivity contribution >= 4 is 35.9 Å². The summed E-state index contributed by atoms with van der Waals surface area (Å²) in [6, 6.07) is 20.2. The van der Waals surface area contributed by atoms with E-state index in [0.717, 1.165) is 11.8 Å². The number of aromatic nitrogens is 2. The summed E-state index contributed by atoms with van der Waals surface area (Å²) >= 11 is 0. The third kappa shape index (κ3) is 7.07. The minimum absolute atomic E-state index is 0.0914. The molecule has 3 rings (SSSR count). The zero-order valence-electron chi connectivity index (χ0n) is 19.7. The molecular weight excluding hydrogens is 462 g/mol. The predicted molar refractivity (Wildman–Crippen MR) is 137 cm³/mol. The highest BCUT2D eigenvalue weighted by Gasteiger charge is 2.19. The number of aliphatic hydroxyl groups is 1. The molecule has 36 heavy (non-hydrogen) atoms. The molecule has 0 amide bonds. The third-order valence-corrected chi connectivity index (χ3v) is 4.73. The third-order valence-electron chi connectivity index (χ3n) is 4.73. The van der Waals surface area contributed by atoms with Crippen molar-refractivity contribution in [3.63, 3.8) is 0 Å². The summed E-state index contributed by atoms with van der Waals surface area (Å²) in [7, 11) is 1.20.